The van der Waals surface area contributed by atoms with Crippen LogP contribution in [0.5, 0.6) is 0 Å². The van der Waals surface area contributed by atoms with Gasteiger partial charge in [0, 0.05) is 49.2 Å². The Morgan fingerprint density at radius 1 is 1.16 bits per heavy atom. The van der Waals surface area contributed by atoms with Crippen molar-refractivity contribution in [3.05, 3.63) is 65.1 Å². The molecule has 3 aromatic rings. The van der Waals surface area contributed by atoms with Crippen molar-refractivity contribution < 1.29 is 0 Å². The first-order valence-corrected chi connectivity index (χ1v) is 9.03. The smallest absolute Gasteiger partial charge is 0.0528 e. The Hall–Kier alpha value is -2.39. The van der Waals surface area contributed by atoms with Gasteiger partial charge in [-0.05, 0) is 62.2 Å². The van der Waals surface area contributed by atoms with Crippen LogP contribution < -0.4 is 0 Å². The number of benzene rings is 1. The van der Waals surface area contributed by atoms with Gasteiger partial charge in [0.15, 0.2) is 0 Å². The molecule has 3 heterocycles. The summed E-state index contributed by atoms with van der Waals surface area (Å²) in [7, 11) is 2.22. The quantitative estimate of drug-likeness (QED) is 0.694. The maximum absolute atomic E-state index is 4.26. The van der Waals surface area contributed by atoms with Crippen LogP contribution in [0.2, 0.25) is 0 Å². The SMILES string of the molecule is CC(=Cn1c2c(c3cc(C)ccc31)CCN(C)CC2)c1cccnc1. The van der Waals surface area contributed by atoms with Crippen LogP contribution in [0.15, 0.2) is 42.7 Å². The average Bonchev–Trinajstić information content (AvgIpc) is 2.76. The normalized spacial score (nSPS) is 16.0. The van der Waals surface area contributed by atoms with Crippen molar-refractivity contribution in [2.75, 3.05) is 20.1 Å². The number of nitrogens with zero attached hydrogens (tertiary/aromatic N) is 3. The molecule has 1 aliphatic heterocycles. The molecule has 1 aromatic carbocycles. The van der Waals surface area contributed by atoms with Gasteiger partial charge < -0.3 is 9.47 Å². The molecule has 0 saturated carbocycles. The minimum absolute atomic E-state index is 1.09. The van der Waals surface area contributed by atoms with Crippen molar-refractivity contribution in [3.8, 4) is 0 Å². The molecule has 0 spiro atoms. The number of aryl methyl sites for hydroxylation is 1. The molecule has 4 rings (SSSR count). The molecule has 1 aliphatic rings. The first-order valence-electron chi connectivity index (χ1n) is 9.03. The number of likely N-dealkylation sites (N-methyl/N-ethyl adjacent to an activating group) is 1. The third-order valence-electron chi connectivity index (χ3n) is 5.29. The number of hydrogen-bond donors (Lipinski definition) is 0. The van der Waals surface area contributed by atoms with Gasteiger partial charge >= 0.3 is 0 Å². The van der Waals surface area contributed by atoms with Gasteiger partial charge in [-0.15, -0.1) is 0 Å². The summed E-state index contributed by atoms with van der Waals surface area (Å²) in [4.78, 5) is 6.70. The third-order valence-corrected chi connectivity index (χ3v) is 5.29. The van der Waals surface area contributed by atoms with E-state index in [2.05, 4.69) is 65.8 Å². The Bertz CT molecular complexity index is 935. The van der Waals surface area contributed by atoms with Gasteiger partial charge in [-0.2, -0.15) is 0 Å². The monoisotopic (exact) mass is 331 g/mol. The lowest BCUT2D eigenvalue weighted by Crippen LogP contribution is -2.21. The molecule has 0 atom stereocenters. The lowest BCUT2D eigenvalue weighted by molar-refractivity contribution is 0.351. The van der Waals surface area contributed by atoms with Crippen LogP contribution in [0.25, 0.3) is 22.7 Å². The van der Waals surface area contributed by atoms with E-state index in [0.717, 1.165) is 25.9 Å². The molecule has 25 heavy (non-hydrogen) atoms. The molecule has 128 valence electrons. The predicted molar refractivity (Wildman–Crippen MR) is 106 cm³/mol. The van der Waals surface area contributed by atoms with Crippen molar-refractivity contribution in [1.82, 2.24) is 14.5 Å². The Labute approximate surface area is 149 Å². The van der Waals surface area contributed by atoms with Crippen molar-refractivity contribution >= 4 is 22.7 Å². The molecular formula is C22H25N3. The molecule has 3 heteroatoms. The maximum Gasteiger partial charge on any atom is 0.0528 e. The molecule has 0 amide bonds. The van der Waals surface area contributed by atoms with Crippen LogP contribution in [0.3, 0.4) is 0 Å². The minimum Gasteiger partial charge on any atom is -0.320 e. The van der Waals surface area contributed by atoms with E-state index in [9.17, 15) is 0 Å². The van der Waals surface area contributed by atoms with E-state index >= 15 is 0 Å². The summed E-state index contributed by atoms with van der Waals surface area (Å²) in [6, 6.07) is 11.0. The zero-order valence-electron chi connectivity index (χ0n) is 15.3. The largest absolute Gasteiger partial charge is 0.320 e. The molecular weight excluding hydrogens is 306 g/mol. The topological polar surface area (TPSA) is 21.1 Å². The molecule has 3 nitrogen and oxygen atoms in total. The van der Waals surface area contributed by atoms with E-state index in [4.69, 9.17) is 0 Å². The van der Waals surface area contributed by atoms with Gasteiger partial charge in [0.2, 0.25) is 0 Å². The van der Waals surface area contributed by atoms with Gasteiger partial charge in [0.1, 0.15) is 0 Å². The zero-order valence-corrected chi connectivity index (χ0v) is 15.3. The van der Waals surface area contributed by atoms with E-state index in [-0.39, 0.29) is 0 Å². The molecule has 0 radical (unpaired) electrons. The fourth-order valence-electron chi connectivity index (χ4n) is 3.82. The van der Waals surface area contributed by atoms with Crippen molar-refractivity contribution in [2.45, 2.75) is 26.7 Å². The molecule has 0 unspecified atom stereocenters. The van der Waals surface area contributed by atoms with E-state index < -0.39 is 0 Å². The maximum atomic E-state index is 4.26. The Morgan fingerprint density at radius 3 is 2.80 bits per heavy atom. The lowest BCUT2D eigenvalue weighted by atomic mass is 10.1. The van der Waals surface area contributed by atoms with Gasteiger partial charge in [-0.3, -0.25) is 4.98 Å². The number of fused-ring (bicyclic) bond motifs is 3. The summed E-state index contributed by atoms with van der Waals surface area (Å²) >= 11 is 0. The van der Waals surface area contributed by atoms with E-state index in [1.807, 2.05) is 18.5 Å². The first-order chi connectivity index (χ1) is 12.1. The summed E-state index contributed by atoms with van der Waals surface area (Å²) < 4.78 is 2.42. The summed E-state index contributed by atoms with van der Waals surface area (Å²) in [5.74, 6) is 0. The number of pyridine rings is 1. The van der Waals surface area contributed by atoms with Crippen LogP contribution in [0.4, 0.5) is 0 Å². The Kier molecular flexibility index (Phi) is 4.18. The molecule has 0 bridgehead atoms. The fraction of sp³-hybridized carbons (Fsp3) is 0.318. The van der Waals surface area contributed by atoms with Crippen LogP contribution in [-0.4, -0.2) is 34.6 Å². The number of aromatic nitrogens is 2. The second kappa shape index (κ2) is 6.49. The van der Waals surface area contributed by atoms with E-state index in [0.29, 0.717) is 0 Å². The third kappa shape index (κ3) is 3.00. The highest BCUT2D eigenvalue weighted by Crippen LogP contribution is 2.31. The van der Waals surface area contributed by atoms with Gasteiger partial charge in [-0.25, -0.2) is 0 Å². The molecule has 0 fully saturated rings. The van der Waals surface area contributed by atoms with E-state index in [1.165, 1.54) is 38.9 Å². The number of allylic oxidation sites excluding steroid dienone is 1. The zero-order chi connectivity index (χ0) is 17.4. The van der Waals surface area contributed by atoms with Gasteiger partial charge in [-0.1, -0.05) is 17.7 Å². The van der Waals surface area contributed by atoms with Crippen LogP contribution in [0, 0.1) is 6.92 Å². The standard InChI is InChI=1S/C22H25N3/c1-16-6-7-21-20(13-16)19-8-11-24(3)12-9-22(19)25(21)15-17(2)18-5-4-10-23-14-18/h4-7,10,13-15H,8-9,11-12H2,1-3H3. The molecule has 0 aliphatic carbocycles. The average molecular weight is 331 g/mol. The fourth-order valence-corrected chi connectivity index (χ4v) is 3.82. The second-order valence-electron chi connectivity index (χ2n) is 7.17. The highest BCUT2D eigenvalue weighted by Gasteiger charge is 2.20. The van der Waals surface area contributed by atoms with Crippen LogP contribution >= 0.6 is 0 Å². The molecule has 0 N–H and O–H groups in total. The predicted octanol–water partition coefficient (Wildman–Crippen LogP) is 4.39. The van der Waals surface area contributed by atoms with Crippen LogP contribution in [0.1, 0.15) is 29.3 Å². The number of hydrogen-bond acceptors (Lipinski definition) is 2. The highest BCUT2D eigenvalue weighted by atomic mass is 15.1. The van der Waals surface area contributed by atoms with Crippen molar-refractivity contribution in [3.63, 3.8) is 0 Å². The molecule has 2 aromatic heterocycles. The Morgan fingerprint density at radius 2 is 2.00 bits per heavy atom. The van der Waals surface area contributed by atoms with Gasteiger partial charge in [0.25, 0.3) is 0 Å². The first kappa shape index (κ1) is 16.1. The van der Waals surface area contributed by atoms with Crippen molar-refractivity contribution in [1.29, 1.82) is 0 Å². The summed E-state index contributed by atoms with van der Waals surface area (Å²) in [5.41, 5.74) is 8.06. The minimum atomic E-state index is 1.09. The number of rotatable bonds is 2. The molecule has 0 saturated heterocycles. The summed E-state index contributed by atoms with van der Waals surface area (Å²) in [6.45, 7) is 6.60. The van der Waals surface area contributed by atoms with Crippen LogP contribution in [-0.2, 0) is 12.8 Å². The highest BCUT2D eigenvalue weighted by molar-refractivity contribution is 5.90. The second-order valence-corrected chi connectivity index (χ2v) is 7.17. The summed E-state index contributed by atoms with van der Waals surface area (Å²) in [6.07, 6.45) is 8.27. The van der Waals surface area contributed by atoms with E-state index in [1.54, 1.807) is 0 Å². The Balaban J connectivity index is 1.91. The van der Waals surface area contributed by atoms with Gasteiger partial charge in [0.05, 0.1) is 5.52 Å². The van der Waals surface area contributed by atoms with Crippen molar-refractivity contribution in [2.24, 2.45) is 0 Å². The summed E-state index contributed by atoms with van der Waals surface area (Å²) in [5, 5.41) is 1.42. The lowest BCUT2D eigenvalue weighted by Gasteiger charge is -2.13.